The van der Waals surface area contributed by atoms with Gasteiger partial charge in [0.1, 0.15) is 5.82 Å². The van der Waals surface area contributed by atoms with Crippen LogP contribution in [0, 0.1) is 5.82 Å². The highest BCUT2D eigenvalue weighted by Crippen LogP contribution is 2.32. The fourth-order valence-corrected chi connectivity index (χ4v) is 2.68. The number of hydrogen-bond acceptors (Lipinski definition) is 3. The number of carbonyl (C=O) groups is 2. The minimum atomic E-state index is -0.580. The van der Waals surface area contributed by atoms with Gasteiger partial charge >= 0.3 is 0 Å². The van der Waals surface area contributed by atoms with Gasteiger partial charge in [-0.25, -0.2) is 4.39 Å². The number of nitrogens with one attached hydrogen (secondary N) is 2. The van der Waals surface area contributed by atoms with Crippen molar-refractivity contribution >= 4 is 17.5 Å². The van der Waals surface area contributed by atoms with E-state index in [4.69, 9.17) is 0 Å². The van der Waals surface area contributed by atoms with Crippen LogP contribution in [0.3, 0.4) is 0 Å². The van der Waals surface area contributed by atoms with Crippen LogP contribution in [0.4, 0.5) is 10.1 Å². The van der Waals surface area contributed by atoms with E-state index in [1.807, 2.05) is 12.3 Å². The first-order valence-corrected chi connectivity index (χ1v) is 7.48. The number of carbonyl (C=O) groups excluding carboxylic acids is 2. The van der Waals surface area contributed by atoms with E-state index < -0.39 is 11.7 Å². The lowest BCUT2D eigenvalue weighted by Gasteiger charge is -2.24. The minimum absolute atomic E-state index is 0.0730. The number of benzene rings is 1. The molecule has 7 heteroatoms. The molecule has 1 aliphatic heterocycles. The number of nitrogens with zero attached hydrogens (tertiary/aromatic N) is 2. The van der Waals surface area contributed by atoms with Gasteiger partial charge < -0.3 is 10.6 Å². The monoisotopic (exact) mass is 316 g/mol. The summed E-state index contributed by atoms with van der Waals surface area (Å²) in [7, 11) is 0. The number of fused-ring (bicyclic) bond motifs is 1. The molecule has 2 N–H and O–H groups in total. The van der Waals surface area contributed by atoms with Crippen molar-refractivity contribution in [1.82, 2.24) is 15.1 Å². The second-order valence-corrected chi connectivity index (χ2v) is 5.45. The molecule has 0 bridgehead atoms. The van der Waals surface area contributed by atoms with Crippen LogP contribution in [0.5, 0.6) is 0 Å². The van der Waals surface area contributed by atoms with E-state index in [-0.39, 0.29) is 18.2 Å². The Morgan fingerprint density at radius 3 is 3.13 bits per heavy atom. The molecule has 1 aliphatic rings. The zero-order chi connectivity index (χ0) is 16.2. The van der Waals surface area contributed by atoms with Gasteiger partial charge in [-0.1, -0.05) is 6.07 Å². The third-order valence-corrected chi connectivity index (χ3v) is 3.79. The predicted octanol–water partition coefficient (Wildman–Crippen LogP) is 1.65. The largest absolute Gasteiger partial charge is 0.355 e. The molecule has 6 nitrogen and oxygen atoms in total. The number of rotatable bonds is 5. The summed E-state index contributed by atoms with van der Waals surface area (Å²) in [6, 6.07) is 5.94. The van der Waals surface area contributed by atoms with Gasteiger partial charge in [0.25, 0.3) is 0 Å². The van der Waals surface area contributed by atoms with Crippen molar-refractivity contribution in [3.05, 3.63) is 48.0 Å². The Hall–Kier alpha value is -2.70. The van der Waals surface area contributed by atoms with Crippen LogP contribution < -0.4 is 10.6 Å². The number of amides is 2. The molecule has 0 radical (unpaired) electrons. The number of halogens is 1. The van der Waals surface area contributed by atoms with Crippen molar-refractivity contribution in [2.75, 3.05) is 11.9 Å². The van der Waals surface area contributed by atoms with Crippen molar-refractivity contribution < 1.29 is 14.0 Å². The van der Waals surface area contributed by atoms with E-state index in [1.165, 1.54) is 12.1 Å². The Morgan fingerprint density at radius 2 is 2.35 bits per heavy atom. The Bertz CT molecular complexity index is 715. The van der Waals surface area contributed by atoms with Gasteiger partial charge in [0.05, 0.1) is 5.92 Å². The van der Waals surface area contributed by atoms with Crippen molar-refractivity contribution in [1.29, 1.82) is 0 Å². The van der Waals surface area contributed by atoms with Crippen molar-refractivity contribution in [2.45, 2.75) is 25.3 Å². The summed E-state index contributed by atoms with van der Waals surface area (Å²) in [5, 5.41) is 9.52. The molecule has 1 aromatic heterocycles. The van der Waals surface area contributed by atoms with Crippen LogP contribution in [-0.4, -0.2) is 28.1 Å². The molecule has 1 atom stereocenters. The summed E-state index contributed by atoms with van der Waals surface area (Å²) in [5.41, 5.74) is 1.02. The number of aryl methyl sites for hydroxylation is 1. The third-order valence-electron chi connectivity index (χ3n) is 3.79. The first-order valence-electron chi connectivity index (χ1n) is 7.48. The highest BCUT2D eigenvalue weighted by atomic mass is 19.1. The third kappa shape index (κ3) is 3.56. The summed E-state index contributed by atoms with van der Waals surface area (Å²) < 4.78 is 15.1. The molecule has 1 aromatic carbocycles. The molecular formula is C16H17FN4O2. The molecule has 2 amide bonds. The van der Waals surface area contributed by atoms with E-state index in [1.54, 1.807) is 16.9 Å². The van der Waals surface area contributed by atoms with Gasteiger partial charge in [0.2, 0.25) is 11.8 Å². The maximum Gasteiger partial charge on any atom is 0.228 e. The maximum absolute atomic E-state index is 13.3. The predicted molar refractivity (Wildman–Crippen MR) is 82.2 cm³/mol. The number of aromatic nitrogens is 2. The molecule has 0 fully saturated rings. The quantitative estimate of drug-likeness (QED) is 0.824. The maximum atomic E-state index is 13.3. The van der Waals surface area contributed by atoms with Crippen LogP contribution in [0.15, 0.2) is 36.7 Å². The average Bonchev–Trinajstić information content (AvgIpc) is 3.03. The summed E-state index contributed by atoms with van der Waals surface area (Å²) in [4.78, 5) is 24.1. The summed E-state index contributed by atoms with van der Waals surface area (Å²) in [6.07, 6.45) is 4.37. The first kappa shape index (κ1) is 15.2. The lowest BCUT2D eigenvalue weighted by molar-refractivity contribution is -0.126. The smallest absolute Gasteiger partial charge is 0.228 e. The molecule has 2 heterocycles. The SMILES string of the molecule is O=C1C[C@H](C(=O)NCCCn2cccn2)c2ccc(F)cc2N1. The standard InChI is InChI=1S/C16H17FN4O2/c17-11-3-4-12-13(10-15(22)20-14(12)9-11)16(23)18-5-1-7-21-8-2-6-19-21/h2-4,6,8-9,13H,1,5,7,10H2,(H,18,23)(H,20,22)/t13-/m0/s1. The Balaban J connectivity index is 1.60. The Kier molecular flexibility index (Phi) is 4.36. The number of anilines is 1. The van der Waals surface area contributed by atoms with Gasteiger partial charge in [0, 0.05) is 37.6 Å². The van der Waals surface area contributed by atoms with Crippen LogP contribution in [-0.2, 0) is 16.1 Å². The molecule has 0 aliphatic carbocycles. The van der Waals surface area contributed by atoms with Gasteiger partial charge in [-0.05, 0) is 30.2 Å². The van der Waals surface area contributed by atoms with E-state index in [2.05, 4.69) is 15.7 Å². The van der Waals surface area contributed by atoms with E-state index >= 15 is 0 Å². The van der Waals surface area contributed by atoms with Gasteiger partial charge in [-0.15, -0.1) is 0 Å². The molecule has 0 saturated carbocycles. The molecule has 0 saturated heterocycles. The van der Waals surface area contributed by atoms with Crippen LogP contribution in [0.25, 0.3) is 0 Å². The Morgan fingerprint density at radius 1 is 1.48 bits per heavy atom. The lowest BCUT2D eigenvalue weighted by Crippen LogP contribution is -2.35. The van der Waals surface area contributed by atoms with Crippen LogP contribution in [0.1, 0.15) is 24.3 Å². The van der Waals surface area contributed by atoms with E-state index in [0.29, 0.717) is 24.3 Å². The van der Waals surface area contributed by atoms with Crippen molar-refractivity contribution in [2.24, 2.45) is 0 Å². The van der Waals surface area contributed by atoms with E-state index in [0.717, 1.165) is 6.42 Å². The highest BCUT2D eigenvalue weighted by Gasteiger charge is 2.30. The number of hydrogen-bond donors (Lipinski definition) is 2. The van der Waals surface area contributed by atoms with Crippen molar-refractivity contribution in [3.63, 3.8) is 0 Å². The fraction of sp³-hybridized carbons (Fsp3) is 0.312. The second-order valence-electron chi connectivity index (χ2n) is 5.45. The second kappa shape index (κ2) is 6.60. The van der Waals surface area contributed by atoms with Gasteiger partial charge in [-0.2, -0.15) is 5.10 Å². The van der Waals surface area contributed by atoms with Gasteiger partial charge in [0.15, 0.2) is 0 Å². The molecule has 0 unspecified atom stereocenters. The molecule has 120 valence electrons. The molecule has 23 heavy (non-hydrogen) atoms. The summed E-state index contributed by atoms with van der Waals surface area (Å²) in [6.45, 7) is 1.20. The summed E-state index contributed by atoms with van der Waals surface area (Å²) in [5.74, 6) is -1.51. The van der Waals surface area contributed by atoms with Crippen molar-refractivity contribution in [3.8, 4) is 0 Å². The van der Waals surface area contributed by atoms with Gasteiger partial charge in [-0.3, -0.25) is 14.3 Å². The molecular weight excluding hydrogens is 299 g/mol. The first-order chi connectivity index (χ1) is 11.1. The highest BCUT2D eigenvalue weighted by molar-refractivity contribution is 6.01. The zero-order valence-corrected chi connectivity index (χ0v) is 12.5. The van der Waals surface area contributed by atoms with Crippen LogP contribution in [0.2, 0.25) is 0 Å². The lowest BCUT2D eigenvalue weighted by atomic mass is 9.89. The normalized spacial score (nSPS) is 16.6. The summed E-state index contributed by atoms with van der Waals surface area (Å²) >= 11 is 0. The van der Waals surface area contributed by atoms with E-state index in [9.17, 15) is 14.0 Å². The molecule has 0 spiro atoms. The Labute approximate surface area is 132 Å². The average molecular weight is 316 g/mol. The molecule has 2 aromatic rings. The van der Waals surface area contributed by atoms with Crippen LogP contribution >= 0.6 is 0 Å². The molecule has 3 rings (SSSR count). The fourth-order valence-electron chi connectivity index (χ4n) is 2.68. The zero-order valence-electron chi connectivity index (χ0n) is 12.5. The topological polar surface area (TPSA) is 76.0 Å². The minimum Gasteiger partial charge on any atom is -0.355 e.